The van der Waals surface area contributed by atoms with E-state index >= 15 is 0 Å². The maximum Gasteiger partial charge on any atom is 0.226 e. The van der Waals surface area contributed by atoms with Gasteiger partial charge in [0.15, 0.2) is 11.5 Å². The summed E-state index contributed by atoms with van der Waals surface area (Å²) in [6.45, 7) is 4.01. The quantitative estimate of drug-likeness (QED) is 0.863. The van der Waals surface area contributed by atoms with Crippen molar-refractivity contribution in [3.63, 3.8) is 0 Å². The van der Waals surface area contributed by atoms with Gasteiger partial charge in [-0.2, -0.15) is 0 Å². The Bertz CT molecular complexity index is 808. The van der Waals surface area contributed by atoms with Crippen LogP contribution >= 0.6 is 0 Å². The predicted molar refractivity (Wildman–Crippen MR) is 106 cm³/mol. The van der Waals surface area contributed by atoms with Gasteiger partial charge in [0, 0.05) is 13.0 Å². The maximum absolute atomic E-state index is 13.1. The van der Waals surface area contributed by atoms with Gasteiger partial charge in [-0.05, 0) is 43.0 Å². The van der Waals surface area contributed by atoms with Crippen molar-refractivity contribution in [2.24, 2.45) is 5.92 Å². The zero-order valence-electron chi connectivity index (χ0n) is 16.2. The Morgan fingerprint density at radius 2 is 1.79 bits per heavy atom. The second kappa shape index (κ2) is 8.65. The van der Waals surface area contributed by atoms with Gasteiger partial charge in [-0.15, -0.1) is 0 Å². The second-order valence-electron chi connectivity index (χ2n) is 7.44. The van der Waals surface area contributed by atoms with Gasteiger partial charge in [-0.3, -0.25) is 4.79 Å². The summed E-state index contributed by atoms with van der Waals surface area (Å²) in [6.07, 6.45) is 2.42. The first-order valence-electron chi connectivity index (χ1n) is 10.1. The number of rotatable bonds is 4. The summed E-state index contributed by atoms with van der Waals surface area (Å²) in [5, 5.41) is 3.17. The molecular weight excluding hydrogens is 354 g/mol. The number of carbonyl (C=O) groups is 1. The summed E-state index contributed by atoms with van der Waals surface area (Å²) in [4.78, 5) is 13.1. The van der Waals surface area contributed by atoms with E-state index in [0.29, 0.717) is 19.8 Å². The number of fused-ring (bicyclic) bond motifs is 1. The van der Waals surface area contributed by atoms with Crippen LogP contribution in [0.2, 0.25) is 0 Å². The van der Waals surface area contributed by atoms with Crippen molar-refractivity contribution in [3.8, 4) is 11.5 Å². The molecule has 4 rings (SSSR count). The minimum Gasteiger partial charge on any atom is -0.490 e. The summed E-state index contributed by atoms with van der Waals surface area (Å²) >= 11 is 0. The smallest absolute Gasteiger partial charge is 0.226 e. The van der Waals surface area contributed by atoms with Crippen molar-refractivity contribution in [2.75, 3.05) is 19.8 Å². The summed E-state index contributed by atoms with van der Waals surface area (Å²) in [5.74, 6) is 1.37. The lowest BCUT2D eigenvalue weighted by molar-refractivity contribution is -0.135. The fourth-order valence-electron chi connectivity index (χ4n) is 3.87. The number of hydrogen-bond donors (Lipinski definition) is 1. The van der Waals surface area contributed by atoms with Gasteiger partial charge < -0.3 is 19.5 Å². The van der Waals surface area contributed by atoms with Crippen molar-refractivity contribution in [2.45, 2.75) is 38.3 Å². The Balaban J connectivity index is 1.47. The summed E-state index contributed by atoms with van der Waals surface area (Å²) < 4.78 is 17.4. The second-order valence-corrected chi connectivity index (χ2v) is 7.44. The SMILES string of the molecule is C[C@H](NC(=O)[C@H]1CCCO[C@H]1c1ccccc1)c1ccc2c(c1)OCCCO2. The third-order valence-corrected chi connectivity index (χ3v) is 5.42. The molecule has 0 unspecified atom stereocenters. The fourth-order valence-corrected chi connectivity index (χ4v) is 3.87. The van der Waals surface area contributed by atoms with Gasteiger partial charge in [0.05, 0.1) is 31.3 Å². The summed E-state index contributed by atoms with van der Waals surface area (Å²) in [7, 11) is 0. The highest BCUT2D eigenvalue weighted by atomic mass is 16.5. The normalized spacial score (nSPS) is 22.8. The van der Waals surface area contributed by atoms with Crippen LogP contribution < -0.4 is 14.8 Å². The number of ether oxygens (including phenoxy) is 3. The van der Waals surface area contributed by atoms with Crippen LogP contribution in [-0.4, -0.2) is 25.7 Å². The minimum absolute atomic E-state index is 0.0353. The monoisotopic (exact) mass is 381 g/mol. The van der Waals surface area contributed by atoms with E-state index in [4.69, 9.17) is 14.2 Å². The lowest BCUT2D eigenvalue weighted by atomic mass is 9.88. The predicted octanol–water partition coefficient (Wildman–Crippen LogP) is 4.19. The first-order chi connectivity index (χ1) is 13.7. The molecule has 0 aromatic heterocycles. The van der Waals surface area contributed by atoms with Crippen molar-refractivity contribution in [1.29, 1.82) is 0 Å². The van der Waals surface area contributed by atoms with Gasteiger partial charge in [-0.1, -0.05) is 36.4 Å². The molecule has 0 spiro atoms. The molecule has 0 bridgehead atoms. The van der Waals surface area contributed by atoms with Crippen molar-refractivity contribution < 1.29 is 19.0 Å². The molecule has 1 fully saturated rings. The maximum atomic E-state index is 13.1. The van der Waals surface area contributed by atoms with Crippen LogP contribution in [0.4, 0.5) is 0 Å². The van der Waals surface area contributed by atoms with Crippen LogP contribution in [0.3, 0.4) is 0 Å². The van der Waals surface area contributed by atoms with Crippen molar-refractivity contribution in [3.05, 3.63) is 59.7 Å². The van der Waals surface area contributed by atoms with Crippen LogP contribution in [0.5, 0.6) is 11.5 Å². The summed E-state index contributed by atoms with van der Waals surface area (Å²) in [6, 6.07) is 15.8. The summed E-state index contributed by atoms with van der Waals surface area (Å²) in [5.41, 5.74) is 2.07. The van der Waals surface area contributed by atoms with Crippen LogP contribution in [0.15, 0.2) is 48.5 Å². The Hall–Kier alpha value is -2.53. The standard InChI is InChI=1S/C23H27NO4/c1-16(18-10-11-20-21(15-18)27-14-6-13-26-20)24-23(25)19-9-5-12-28-22(19)17-7-3-2-4-8-17/h2-4,7-8,10-11,15-16,19,22H,5-6,9,12-14H2,1H3,(H,24,25)/t16-,19-,22-/m0/s1. The fraction of sp³-hybridized carbons (Fsp3) is 0.435. The topological polar surface area (TPSA) is 56.8 Å². The van der Waals surface area contributed by atoms with Gasteiger partial charge >= 0.3 is 0 Å². The van der Waals surface area contributed by atoms with Gasteiger partial charge in [0.2, 0.25) is 5.91 Å². The van der Waals surface area contributed by atoms with Crippen LogP contribution in [0.25, 0.3) is 0 Å². The van der Waals surface area contributed by atoms with E-state index in [0.717, 1.165) is 41.9 Å². The molecule has 1 saturated heterocycles. The number of benzene rings is 2. The first-order valence-corrected chi connectivity index (χ1v) is 10.1. The molecule has 2 aromatic carbocycles. The Morgan fingerprint density at radius 3 is 2.61 bits per heavy atom. The minimum atomic E-state index is -0.189. The van der Waals surface area contributed by atoms with Crippen LogP contribution in [0, 0.1) is 5.92 Å². The Morgan fingerprint density at radius 1 is 1.00 bits per heavy atom. The zero-order valence-corrected chi connectivity index (χ0v) is 16.2. The lowest BCUT2D eigenvalue weighted by Gasteiger charge is -2.32. The molecule has 1 amide bonds. The highest BCUT2D eigenvalue weighted by Crippen LogP contribution is 2.35. The van der Waals surface area contributed by atoms with Gasteiger partial charge in [0.1, 0.15) is 0 Å². The third kappa shape index (κ3) is 4.14. The van der Waals surface area contributed by atoms with Crippen LogP contribution in [-0.2, 0) is 9.53 Å². The molecule has 28 heavy (non-hydrogen) atoms. The number of carbonyl (C=O) groups excluding carboxylic acids is 1. The van der Waals surface area contributed by atoms with E-state index < -0.39 is 0 Å². The number of hydrogen-bond acceptors (Lipinski definition) is 4. The lowest BCUT2D eigenvalue weighted by Crippen LogP contribution is -2.38. The molecule has 5 heteroatoms. The Kier molecular flexibility index (Phi) is 5.81. The van der Waals surface area contributed by atoms with E-state index in [1.54, 1.807) is 0 Å². The third-order valence-electron chi connectivity index (χ3n) is 5.42. The molecule has 2 heterocycles. The van der Waals surface area contributed by atoms with E-state index in [2.05, 4.69) is 5.32 Å². The van der Waals surface area contributed by atoms with E-state index in [-0.39, 0.29) is 24.0 Å². The molecule has 5 nitrogen and oxygen atoms in total. The number of amides is 1. The number of nitrogens with one attached hydrogen (secondary N) is 1. The zero-order chi connectivity index (χ0) is 19.3. The highest BCUT2D eigenvalue weighted by Gasteiger charge is 2.33. The van der Waals surface area contributed by atoms with E-state index in [9.17, 15) is 4.79 Å². The average molecular weight is 381 g/mol. The van der Waals surface area contributed by atoms with Gasteiger partial charge in [0.25, 0.3) is 0 Å². The molecule has 2 aliphatic rings. The largest absolute Gasteiger partial charge is 0.490 e. The molecule has 0 radical (unpaired) electrons. The van der Waals surface area contributed by atoms with Crippen molar-refractivity contribution >= 4 is 5.91 Å². The molecule has 3 atom stereocenters. The van der Waals surface area contributed by atoms with E-state index in [1.807, 2.05) is 55.5 Å². The Labute approximate surface area is 166 Å². The van der Waals surface area contributed by atoms with E-state index in [1.165, 1.54) is 0 Å². The highest BCUT2D eigenvalue weighted by molar-refractivity contribution is 5.80. The molecular formula is C23H27NO4. The molecule has 0 saturated carbocycles. The van der Waals surface area contributed by atoms with Crippen molar-refractivity contribution in [1.82, 2.24) is 5.32 Å². The molecule has 2 aromatic rings. The first kappa shape index (κ1) is 18.8. The van der Waals surface area contributed by atoms with Crippen LogP contribution in [0.1, 0.15) is 49.5 Å². The van der Waals surface area contributed by atoms with Gasteiger partial charge in [-0.25, -0.2) is 0 Å². The molecule has 0 aliphatic carbocycles. The average Bonchev–Trinajstić information content (AvgIpc) is 2.99. The molecule has 2 aliphatic heterocycles. The molecule has 1 N–H and O–H groups in total. The molecule has 148 valence electrons.